The van der Waals surface area contributed by atoms with Crippen molar-refractivity contribution < 1.29 is 14.6 Å². The van der Waals surface area contributed by atoms with Crippen LogP contribution in [0.1, 0.15) is 26.7 Å². The average Bonchev–Trinajstić information content (AvgIpc) is 2.15. The molecule has 0 radical (unpaired) electrons. The van der Waals surface area contributed by atoms with Crippen molar-refractivity contribution in [1.82, 2.24) is 0 Å². The highest BCUT2D eigenvalue weighted by Gasteiger charge is 2.15. The Morgan fingerprint density at radius 2 is 2.38 bits per heavy atom. The highest BCUT2D eigenvalue weighted by Crippen LogP contribution is 2.14. The summed E-state index contributed by atoms with van der Waals surface area (Å²) < 4.78 is 10.6. The summed E-state index contributed by atoms with van der Waals surface area (Å²) in [6.07, 6.45) is 3.54. The van der Waals surface area contributed by atoms with E-state index in [4.69, 9.17) is 9.47 Å². The number of aliphatic hydroxyl groups is 1. The Morgan fingerprint density at radius 1 is 1.62 bits per heavy atom. The zero-order valence-corrected chi connectivity index (χ0v) is 8.32. The van der Waals surface area contributed by atoms with Gasteiger partial charge in [-0.15, -0.1) is 0 Å². The predicted molar refractivity (Wildman–Crippen MR) is 50.4 cm³/mol. The normalized spacial score (nSPS) is 19.5. The number of allylic oxidation sites excluding steroid dienone is 1. The predicted octanol–water partition coefficient (Wildman–Crippen LogP) is 1.47. The van der Waals surface area contributed by atoms with E-state index in [9.17, 15) is 5.11 Å². The maximum Gasteiger partial charge on any atom is 0.134 e. The summed E-state index contributed by atoms with van der Waals surface area (Å²) >= 11 is 0. The van der Waals surface area contributed by atoms with Crippen molar-refractivity contribution in [1.29, 1.82) is 0 Å². The van der Waals surface area contributed by atoms with Crippen LogP contribution in [-0.4, -0.2) is 30.5 Å². The second kappa shape index (κ2) is 5.25. The lowest BCUT2D eigenvalue weighted by Gasteiger charge is -2.20. The monoisotopic (exact) mass is 186 g/mol. The fraction of sp³-hybridized carbons (Fsp3) is 0.800. The molecule has 1 rings (SSSR count). The molecular formula is C10H18O3. The van der Waals surface area contributed by atoms with Gasteiger partial charge in [0.05, 0.1) is 19.3 Å². The number of hydrogen-bond acceptors (Lipinski definition) is 3. The van der Waals surface area contributed by atoms with Crippen molar-refractivity contribution >= 4 is 0 Å². The van der Waals surface area contributed by atoms with E-state index in [1.807, 2.05) is 19.9 Å². The van der Waals surface area contributed by atoms with Crippen LogP contribution in [0.5, 0.6) is 0 Å². The van der Waals surface area contributed by atoms with Gasteiger partial charge in [0, 0.05) is 0 Å². The van der Waals surface area contributed by atoms with E-state index in [1.165, 1.54) is 0 Å². The standard InChI is InChI=1S/C10H18O3/c1-8(2)13-7-9(11)10-5-3-4-6-12-10/h5,8-9,11H,3-4,6-7H2,1-2H3. The Morgan fingerprint density at radius 3 is 2.92 bits per heavy atom. The molecule has 76 valence electrons. The van der Waals surface area contributed by atoms with Crippen molar-refractivity contribution in [2.45, 2.75) is 38.9 Å². The van der Waals surface area contributed by atoms with E-state index in [2.05, 4.69) is 0 Å². The number of aliphatic hydroxyl groups excluding tert-OH is 1. The van der Waals surface area contributed by atoms with Gasteiger partial charge < -0.3 is 14.6 Å². The van der Waals surface area contributed by atoms with E-state index in [0.29, 0.717) is 19.0 Å². The van der Waals surface area contributed by atoms with Crippen LogP contribution in [0, 0.1) is 0 Å². The summed E-state index contributed by atoms with van der Waals surface area (Å²) in [6, 6.07) is 0. The number of ether oxygens (including phenoxy) is 2. The number of hydrogen-bond donors (Lipinski definition) is 1. The first-order chi connectivity index (χ1) is 6.20. The lowest BCUT2D eigenvalue weighted by atomic mass is 10.2. The minimum Gasteiger partial charge on any atom is -0.495 e. The Kier molecular flexibility index (Phi) is 4.25. The molecule has 1 unspecified atom stereocenters. The van der Waals surface area contributed by atoms with Gasteiger partial charge in [-0.2, -0.15) is 0 Å². The van der Waals surface area contributed by atoms with E-state index in [0.717, 1.165) is 12.8 Å². The molecule has 1 aliphatic heterocycles. The first kappa shape index (κ1) is 10.5. The van der Waals surface area contributed by atoms with Crippen LogP contribution in [0.4, 0.5) is 0 Å². The van der Waals surface area contributed by atoms with Gasteiger partial charge in [0.2, 0.25) is 0 Å². The molecule has 0 spiro atoms. The fourth-order valence-corrected chi connectivity index (χ4v) is 1.17. The van der Waals surface area contributed by atoms with Gasteiger partial charge in [0.15, 0.2) is 0 Å². The minimum atomic E-state index is -0.595. The molecule has 0 saturated carbocycles. The number of rotatable bonds is 4. The molecule has 0 aromatic rings. The first-order valence-electron chi connectivity index (χ1n) is 4.82. The van der Waals surface area contributed by atoms with Crippen LogP contribution in [0.15, 0.2) is 11.8 Å². The van der Waals surface area contributed by atoms with Crippen molar-refractivity contribution in [2.24, 2.45) is 0 Å². The van der Waals surface area contributed by atoms with Gasteiger partial charge >= 0.3 is 0 Å². The molecule has 1 N–H and O–H groups in total. The van der Waals surface area contributed by atoms with Crippen molar-refractivity contribution in [3.63, 3.8) is 0 Å². The molecular weight excluding hydrogens is 168 g/mol. The molecule has 0 aliphatic carbocycles. The second-order valence-electron chi connectivity index (χ2n) is 3.50. The Labute approximate surface area is 79.3 Å². The Bertz CT molecular complexity index is 175. The summed E-state index contributed by atoms with van der Waals surface area (Å²) in [5.74, 6) is 0.673. The summed E-state index contributed by atoms with van der Waals surface area (Å²) in [4.78, 5) is 0. The third-order valence-electron chi connectivity index (χ3n) is 1.88. The van der Waals surface area contributed by atoms with Crippen LogP contribution in [0.2, 0.25) is 0 Å². The molecule has 1 atom stereocenters. The van der Waals surface area contributed by atoms with E-state index < -0.39 is 6.10 Å². The maximum absolute atomic E-state index is 9.60. The third kappa shape index (κ3) is 3.79. The van der Waals surface area contributed by atoms with Crippen LogP contribution in [0.25, 0.3) is 0 Å². The molecule has 0 amide bonds. The van der Waals surface area contributed by atoms with Gasteiger partial charge in [-0.3, -0.25) is 0 Å². The van der Waals surface area contributed by atoms with Crippen LogP contribution >= 0.6 is 0 Å². The minimum absolute atomic E-state index is 0.152. The zero-order valence-electron chi connectivity index (χ0n) is 8.32. The topological polar surface area (TPSA) is 38.7 Å². The highest BCUT2D eigenvalue weighted by molar-refractivity contribution is 5.01. The van der Waals surface area contributed by atoms with Gasteiger partial charge in [-0.25, -0.2) is 0 Å². The SMILES string of the molecule is CC(C)OCC(O)C1=CCCCO1. The maximum atomic E-state index is 9.60. The van der Waals surface area contributed by atoms with Crippen LogP contribution in [0.3, 0.4) is 0 Å². The molecule has 13 heavy (non-hydrogen) atoms. The van der Waals surface area contributed by atoms with Crippen LogP contribution in [-0.2, 0) is 9.47 Å². The Hall–Kier alpha value is -0.540. The van der Waals surface area contributed by atoms with Gasteiger partial charge in [0.1, 0.15) is 11.9 Å². The lowest BCUT2D eigenvalue weighted by Crippen LogP contribution is -2.23. The molecule has 0 aromatic heterocycles. The van der Waals surface area contributed by atoms with Crippen molar-refractivity contribution in [2.75, 3.05) is 13.2 Å². The van der Waals surface area contributed by atoms with Gasteiger partial charge in [-0.05, 0) is 32.8 Å². The average molecular weight is 186 g/mol. The third-order valence-corrected chi connectivity index (χ3v) is 1.88. The second-order valence-corrected chi connectivity index (χ2v) is 3.50. The summed E-state index contributed by atoms with van der Waals surface area (Å²) in [6.45, 7) is 4.93. The quantitative estimate of drug-likeness (QED) is 0.722. The lowest BCUT2D eigenvalue weighted by molar-refractivity contribution is -0.00706. The fourth-order valence-electron chi connectivity index (χ4n) is 1.17. The van der Waals surface area contributed by atoms with E-state index >= 15 is 0 Å². The highest BCUT2D eigenvalue weighted by atomic mass is 16.5. The van der Waals surface area contributed by atoms with E-state index in [-0.39, 0.29) is 6.10 Å². The molecule has 0 saturated heterocycles. The van der Waals surface area contributed by atoms with Crippen LogP contribution < -0.4 is 0 Å². The summed E-state index contributed by atoms with van der Waals surface area (Å²) in [5.41, 5.74) is 0. The van der Waals surface area contributed by atoms with E-state index in [1.54, 1.807) is 0 Å². The van der Waals surface area contributed by atoms with Gasteiger partial charge in [-0.1, -0.05) is 0 Å². The molecule has 1 heterocycles. The molecule has 1 aliphatic rings. The zero-order chi connectivity index (χ0) is 9.68. The molecule has 0 bridgehead atoms. The first-order valence-corrected chi connectivity index (χ1v) is 4.82. The molecule has 3 heteroatoms. The summed E-state index contributed by atoms with van der Waals surface area (Å²) in [7, 11) is 0. The Balaban J connectivity index is 2.29. The van der Waals surface area contributed by atoms with Gasteiger partial charge in [0.25, 0.3) is 0 Å². The molecule has 3 nitrogen and oxygen atoms in total. The molecule has 0 fully saturated rings. The van der Waals surface area contributed by atoms with Crippen molar-refractivity contribution in [3.8, 4) is 0 Å². The van der Waals surface area contributed by atoms with Crippen molar-refractivity contribution in [3.05, 3.63) is 11.8 Å². The smallest absolute Gasteiger partial charge is 0.134 e. The summed E-state index contributed by atoms with van der Waals surface area (Å²) in [5, 5.41) is 9.60. The molecule has 0 aromatic carbocycles. The largest absolute Gasteiger partial charge is 0.495 e.